The van der Waals surface area contributed by atoms with Gasteiger partial charge in [-0.15, -0.1) is 0 Å². The molecule has 1 heterocycles. The van der Waals surface area contributed by atoms with Crippen LogP contribution in [0.2, 0.25) is 0 Å². The molecule has 1 aliphatic heterocycles. The predicted molar refractivity (Wildman–Crippen MR) is 112 cm³/mol. The summed E-state index contributed by atoms with van der Waals surface area (Å²) in [6.45, 7) is 0. The minimum absolute atomic E-state index is 0.0269. The molecule has 4 amide bonds. The minimum atomic E-state index is -1.08. The highest BCUT2D eigenvalue weighted by molar-refractivity contribution is 6.11. The number of hydrazine groups is 1. The molecule has 6 rings (SSSR count). The molecule has 0 aromatic heterocycles. The fourth-order valence-corrected chi connectivity index (χ4v) is 5.04. The molecule has 4 atom stereocenters. The number of para-hydroxylation sites is 1. The first-order chi connectivity index (χ1) is 15.9. The van der Waals surface area contributed by atoms with Crippen molar-refractivity contribution in [1.29, 1.82) is 0 Å². The topological polar surface area (TPSA) is 95.6 Å². The van der Waals surface area contributed by atoms with Crippen LogP contribution < -0.4 is 10.7 Å². The molecular weight excluding hydrogens is 432 g/mol. The summed E-state index contributed by atoms with van der Waals surface area (Å²) >= 11 is 0. The molecule has 2 bridgehead atoms. The van der Waals surface area contributed by atoms with Crippen molar-refractivity contribution in [3.8, 4) is 0 Å². The summed E-state index contributed by atoms with van der Waals surface area (Å²) in [4.78, 5) is 51.3. The zero-order valence-corrected chi connectivity index (χ0v) is 17.3. The van der Waals surface area contributed by atoms with Crippen molar-refractivity contribution in [3.63, 3.8) is 0 Å². The molecule has 1 saturated heterocycles. The number of allylic oxidation sites excluding steroid dienone is 2. The first kappa shape index (κ1) is 21.0. The highest BCUT2D eigenvalue weighted by Crippen LogP contribution is 2.49. The summed E-state index contributed by atoms with van der Waals surface area (Å²) in [7, 11) is 0. The summed E-state index contributed by atoms with van der Waals surface area (Å²) in [6, 6.07) is 8.81. The Hall–Kier alpha value is -3.88. The second kappa shape index (κ2) is 7.91. The van der Waals surface area contributed by atoms with Crippen molar-refractivity contribution in [3.05, 3.63) is 77.4 Å². The van der Waals surface area contributed by atoms with Crippen molar-refractivity contribution in [2.24, 2.45) is 23.7 Å². The van der Waals surface area contributed by atoms with Crippen LogP contribution in [-0.4, -0.2) is 28.6 Å². The fourth-order valence-electron chi connectivity index (χ4n) is 5.04. The van der Waals surface area contributed by atoms with Gasteiger partial charge in [0.1, 0.15) is 17.2 Å². The first-order valence-corrected chi connectivity index (χ1v) is 10.6. The quantitative estimate of drug-likeness (QED) is 0.552. The molecule has 4 unspecified atom stereocenters. The van der Waals surface area contributed by atoms with E-state index in [2.05, 4.69) is 10.7 Å². The van der Waals surface area contributed by atoms with Crippen LogP contribution in [-0.2, 0) is 9.59 Å². The van der Waals surface area contributed by atoms with Crippen molar-refractivity contribution < 1.29 is 28.0 Å². The molecule has 0 spiro atoms. The molecule has 33 heavy (non-hydrogen) atoms. The SMILES string of the molecule is O=C(NN1C(=O)C2C3C=CC(CC3)C2C1=O)c1ccccc1NC(=O)c1c(F)cccc1F. The fraction of sp³-hybridized carbons (Fsp3) is 0.250. The van der Waals surface area contributed by atoms with E-state index in [1.807, 2.05) is 12.2 Å². The largest absolute Gasteiger partial charge is 0.321 e. The van der Waals surface area contributed by atoms with Crippen LogP contribution in [0, 0.1) is 35.3 Å². The Morgan fingerprint density at radius 3 is 1.97 bits per heavy atom. The first-order valence-electron chi connectivity index (χ1n) is 10.6. The number of hydrogen-bond acceptors (Lipinski definition) is 4. The third-order valence-corrected chi connectivity index (χ3v) is 6.58. The maximum absolute atomic E-state index is 14.0. The highest BCUT2D eigenvalue weighted by atomic mass is 19.1. The number of hydrogen-bond donors (Lipinski definition) is 2. The number of carbonyl (C=O) groups excluding carboxylic acids is 4. The van der Waals surface area contributed by atoms with Gasteiger partial charge in [0.15, 0.2) is 0 Å². The van der Waals surface area contributed by atoms with Gasteiger partial charge in [-0.25, -0.2) is 8.78 Å². The van der Waals surface area contributed by atoms with Gasteiger partial charge in [0.05, 0.1) is 23.1 Å². The van der Waals surface area contributed by atoms with Crippen molar-refractivity contribution in [2.75, 3.05) is 5.32 Å². The number of halogens is 2. The van der Waals surface area contributed by atoms with E-state index in [1.165, 1.54) is 24.3 Å². The summed E-state index contributed by atoms with van der Waals surface area (Å²) in [5, 5.41) is 3.10. The van der Waals surface area contributed by atoms with Crippen LogP contribution in [0.25, 0.3) is 0 Å². The van der Waals surface area contributed by atoms with Gasteiger partial charge in [-0.1, -0.05) is 30.4 Å². The Morgan fingerprint density at radius 2 is 1.39 bits per heavy atom. The van der Waals surface area contributed by atoms with Crippen molar-refractivity contribution in [1.82, 2.24) is 10.4 Å². The summed E-state index contributed by atoms with van der Waals surface area (Å²) < 4.78 is 27.9. The zero-order chi connectivity index (χ0) is 23.3. The van der Waals surface area contributed by atoms with E-state index in [-0.39, 0.29) is 23.1 Å². The van der Waals surface area contributed by atoms with E-state index in [4.69, 9.17) is 0 Å². The van der Waals surface area contributed by atoms with E-state index in [0.29, 0.717) is 0 Å². The maximum atomic E-state index is 14.0. The predicted octanol–water partition coefficient (Wildman–Crippen LogP) is 3.06. The van der Waals surface area contributed by atoms with E-state index in [0.717, 1.165) is 36.0 Å². The van der Waals surface area contributed by atoms with Crippen LogP contribution in [0.15, 0.2) is 54.6 Å². The Morgan fingerprint density at radius 1 is 0.818 bits per heavy atom. The molecule has 7 nitrogen and oxygen atoms in total. The average molecular weight is 451 g/mol. The van der Waals surface area contributed by atoms with Crippen LogP contribution in [0.1, 0.15) is 33.6 Å². The minimum Gasteiger partial charge on any atom is -0.321 e. The molecule has 2 aromatic carbocycles. The monoisotopic (exact) mass is 451 g/mol. The standard InChI is InChI=1S/C24H19F2N3O4/c25-15-5-3-6-16(26)20(15)22(31)27-17-7-2-1-4-14(17)21(30)28-29-23(32)18-12-8-9-13(11-10-12)19(18)24(29)33/h1-9,12-13,18-19H,10-11H2,(H,27,31)(H,28,30). The molecule has 4 aliphatic rings. The summed E-state index contributed by atoms with van der Waals surface area (Å²) in [5.74, 6) is -5.91. The summed E-state index contributed by atoms with van der Waals surface area (Å²) in [5.41, 5.74) is 1.48. The number of carbonyl (C=O) groups is 4. The lowest BCUT2D eigenvalue weighted by Crippen LogP contribution is -2.47. The number of fused-ring (bicyclic) bond motifs is 1. The summed E-state index contributed by atoms with van der Waals surface area (Å²) in [6.07, 6.45) is 5.59. The van der Waals surface area contributed by atoms with E-state index in [1.54, 1.807) is 0 Å². The number of benzene rings is 2. The lowest BCUT2D eigenvalue weighted by molar-refractivity contribution is -0.143. The van der Waals surface area contributed by atoms with E-state index >= 15 is 0 Å². The molecule has 2 N–H and O–H groups in total. The second-order valence-electron chi connectivity index (χ2n) is 8.39. The Balaban J connectivity index is 1.37. The number of nitrogens with one attached hydrogen (secondary N) is 2. The third-order valence-electron chi connectivity index (χ3n) is 6.58. The van der Waals surface area contributed by atoms with Crippen LogP contribution in [0.5, 0.6) is 0 Å². The molecule has 168 valence electrons. The third kappa shape index (κ3) is 3.40. The van der Waals surface area contributed by atoms with Gasteiger partial charge in [-0.05, 0) is 48.9 Å². The van der Waals surface area contributed by atoms with Gasteiger partial charge in [0, 0.05) is 0 Å². The van der Waals surface area contributed by atoms with Crippen molar-refractivity contribution >= 4 is 29.3 Å². The lowest BCUT2D eigenvalue weighted by Gasteiger charge is -2.37. The Labute approximate surface area is 187 Å². The molecule has 2 aromatic rings. The van der Waals surface area contributed by atoms with Gasteiger partial charge in [0.2, 0.25) is 0 Å². The second-order valence-corrected chi connectivity index (χ2v) is 8.39. The van der Waals surface area contributed by atoms with Gasteiger partial charge in [0.25, 0.3) is 23.6 Å². The molecule has 0 radical (unpaired) electrons. The molecular formula is C24H19F2N3O4. The maximum Gasteiger partial charge on any atom is 0.272 e. The van der Waals surface area contributed by atoms with Gasteiger partial charge in [-0.3, -0.25) is 24.6 Å². The molecule has 3 aliphatic carbocycles. The zero-order valence-electron chi connectivity index (χ0n) is 17.3. The normalized spacial score (nSPS) is 25.2. The van der Waals surface area contributed by atoms with Crippen LogP contribution in [0.4, 0.5) is 14.5 Å². The van der Waals surface area contributed by atoms with Gasteiger partial charge < -0.3 is 5.32 Å². The van der Waals surface area contributed by atoms with Gasteiger partial charge in [-0.2, -0.15) is 5.01 Å². The highest BCUT2D eigenvalue weighted by Gasteiger charge is 2.57. The smallest absolute Gasteiger partial charge is 0.272 e. The molecule has 1 saturated carbocycles. The number of imide groups is 1. The number of rotatable bonds is 4. The Kier molecular flexibility index (Phi) is 5.03. The number of anilines is 1. The average Bonchev–Trinajstić information content (AvgIpc) is 3.07. The van der Waals surface area contributed by atoms with Crippen LogP contribution >= 0.6 is 0 Å². The van der Waals surface area contributed by atoms with Crippen LogP contribution in [0.3, 0.4) is 0 Å². The lowest BCUT2D eigenvalue weighted by atomic mass is 9.63. The van der Waals surface area contributed by atoms with Gasteiger partial charge >= 0.3 is 0 Å². The number of amides is 4. The van der Waals surface area contributed by atoms with E-state index in [9.17, 15) is 28.0 Å². The van der Waals surface area contributed by atoms with E-state index < -0.39 is 52.7 Å². The van der Waals surface area contributed by atoms with Crippen molar-refractivity contribution in [2.45, 2.75) is 12.8 Å². The Bertz CT molecular complexity index is 1180. The molecule has 2 fully saturated rings. The molecule has 9 heteroatoms. The number of nitrogens with zero attached hydrogens (tertiary/aromatic N) is 1.